The molecule has 1 aliphatic carbocycles. The number of methoxy groups -OCH3 is 2. The molecule has 5 nitrogen and oxygen atoms in total. The van der Waals surface area contributed by atoms with Gasteiger partial charge in [0.2, 0.25) is 0 Å². The Balaban J connectivity index is 2.00. The van der Waals surface area contributed by atoms with E-state index in [4.69, 9.17) is 9.47 Å². The first-order valence-electron chi connectivity index (χ1n) is 7.38. The first-order valence-corrected chi connectivity index (χ1v) is 7.38. The zero-order valence-corrected chi connectivity index (χ0v) is 13.2. The molecule has 0 aromatic heterocycles. The van der Waals surface area contributed by atoms with E-state index in [9.17, 15) is 4.79 Å². The lowest BCUT2D eigenvalue weighted by atomic mass is 10.1. The molecule has 0 heterocycles. The molecule has 2 atom stereocenters. The topological polar surface area (TPSA) is 52.0 Å². The molecule has 1 fully saturated rings. The van der Waals surface area contributed by atoms with Crippen molar-refractivity contribution in [3.63, 3.8) is 0 Å². The number of ether oxygens (including phenoxy) is 2. The summed E-state index contributed by atoms with van der Waals surface area (Å²) in [5, 5.41) is 3.06. The van der Waals surface area contributed by atoms with Crippen LogP contribution < -0.4 is 19.7 Å². The Hall–Kier alpha value is -1.75. The minimum atomic E-state index is -0.0857. The molecule has 0 aliphatic heterocycles. The summed E-state index contributed by atoms with van der Waals surface area (Å²) in [6.45, 7) is 2.69. The van der Waals surface area contributed by atoms with Gasteiger partial charge in [-0.25, -0.2) is 0 Å². The maximum Gasteiger partial charge on any atom is 0.278 e. The van der Waals surface area contributed by atoms with E-state index in [0.717, 1.165) is 41.3 Å². The highest BCUT2D eigenvalue weighted by atomic mass is 16.5. The number of likely N-dealkylation sites (N-methyl/N-ethyl adjacent to an activating group) is 1. The van der Waals surface area contributed by atoms with Crippen LogP contribution in [0.15, 0.2) is 18.2 Å². The highest BCUT2D eigenvalue weighted by Crippen LogP contribution is 2.24. The third-order valence-electron chi connectivity index (χ3n) is 4.02. The quantitative estimate of drug-likeness (QED) is 0.764. The number of amides is 1. The van der Waals surface area contributed by atoms with Gasteiger partial charge in [0, 0.05) is 17.7 Å². The number of rotatable bonds is 7. The average molecular weight is 293 g/mol. The molecule has 2 rings (SSSR count). The summed E-state index contributed by atoms with van der Waals surface area (Å²) in [4.78, 5) is 13.2. The van der Waals surface area contributed by atoms with Crippen LogP contribution >= 0.6 is 0 Å². The highest BCUT2D eigenvalue weighted by molar-refractivity contribution is 5.80. The lowest BCUT2D eigenvalue weighted by Crippen LogP contribution is -3.12. The van der Waals surface area contributed by atoms with Crippen molar-refractivity contribution in [1.29, 1.82) is 0 Å². The average Bonchev–Trinajstić information content (AvgIpc) is 3.30. The lowest BCUT2D eigenvalue weighted by Gasteiger charge is -2.22. The minimum absolute atomic E-state index is 0.0857. The van der Waals surface area contributed by atoms with E-state index < -0.39 is 0 Å². The largest absolute Gasteiger partial charge is 0.497 e. The zero-order chi connectivity index (χ0) is 15.4. The van der Waals surface area contributed by atoms with Gasteiger partial charge in [-0.15, -0.1) is 0 Å². The normalized spacial score (nSPS) is 17.0. The first-order chi connectivity index (χ1) is 10.0. The number of hydrogen-bond acceptors (Lipinski definition) is 3. The van der Waals surface area contributed by atoms with Crippen molar-refractivity contribution in [3.05, 3.63) is 23.8 Å². The minimum Gasteiger partial charge on any atom is -0.497 e. The third kappa shape index (κ3) is 4.11. The van der Waals surface area contributed by atoms with Crippen molar-refractivity contribution in [1.82, 2.24) is 5.32 Å². The zero-order valence-electron chi connectivity index (χ0n) is 13.2. The summed E-state index contributed by atoms with van der Waals surface area (Å²) >= 11 is 0. The third-order valence-corrected chi connectivity index (χ3v) is 4.02. The molecule has 1 aromatic rings. The van der Waals surface area contributed by atoms with Gasteiger partial charge in [-0.3, -0.25) is 4.79 Å². The van der Waals surface area contributed by atoms with Crippen molar-refractivity contribution in [2.75, 3.05) is 21.3 Å². The van der Waals surface area contributed by atoms with Gasteiger partial charge in [0.25, 0.3) is 5.91 Å². The predicted molar refractivity (Wildman–Crippen MR) is 80.8 cm³/mol. The standard InChI is InChI=1S/C16H24N2O3/c1-11(16(19)17-13-6-7-13)18(2)10-12-5-8-14(20-3)9-15(12)21-4/h5,8-9,11,13H,6-7,10H2,1-4H3,(H,17,19)/p+1/t11-/m0/s1. The number of quaternary nitrogens is 1. The Morgan fingerprint density at radius 1 is 1.38 bits per heavy atom. The second kappa shape index (κ2) is 6.80. The number of nitrogens with one attached hydrogen (secondary N) is 2. The SMILES string of the molecule is COc1ccc(C[NH+](C)[C@@H](C)C(=O)NC2CC2)c(OC)c1. The first kappa shape index (κ1) is 15.6. The van der Waals surface area contributed by atoms with E-state index in [1.165, 1.54) is 0 Å². The Kier molecular flexibility index (Phi) is 5.07. The molecule has 0 spiro atoms. The highest BCUT2D eigenvalue weighted by Gasteiger charge is 2.29. The van der Waals surface area contributed by atoms with E-state index in [-0.39, 0.29) is 11.9 Å². The molecule has 1 aliphatic rings. The lowest BCUT2D eigenvalue weighted by molar-refractivity contribution is -0.908. The second-order valence-corrected chi connectivity index (χ2v) is 5.71. The van der Waals surface area contributed by atoms with Crippen LogP contribution in [0.5, 0.6) is 11.5 Å². The van der Waals surface area contributed by atoms with Crippen LogP contribution in [0.2, 0.25) is 0 Å². The molecule has 5 heteroatoms. The van der Waals surface area contributed by atoms with E-state index in [2.05, 4.69) is 5.32 Å². The molecule has 0 bridgehead atoms. The molecular formula is C16H25N2O3+. The number of carbonyl (C=O) groups is 1. The Morgan fingerprint density at radius 2 is 2.10 bits per heavy atom. The Bertz CT molecular complexity index is 500. The van der Waals surface area contributed by atoms with Gasteiger partial charge in [0.15, 0.2) is 6.04 Å². The fourth-order valence-electron chi connectivity index (χ4n) is 2.23. The number of carbonyl (C=O) groups excluding carboxylic acids is 1. The van der Waals surface area contributed by atoms with Gasteiger partial charge < -0.3 is 19.7 Å². The molecule has 21 heavy (non-hydrogen) atoms. The van der Waals surface area contributed by atoms with E-state index in [1.807, 2.05) is 32.2 Å². The van der Waals surface area contributed by atoms with Crippen molar-refractivity contribution in [2.24, 2.45) is 0 Å². The van der Waals surface area contributed by atoms with Gasteiger partial charge >= 0.3 is 0 Å². The predicted octanol–water partition coefficient (Wildman–Crippen LogP) is 0.386. The number of benzene rings is 1. The van der Waals surface area contributed by atoms with Crippen LogP contribution in [-0.2, 0) is 11.3 Å². The molecule has 1 unspecified atom stereocenters. The van der Waals surface area contributed by atoms with Gasteiger partial charge in [-0.2, -0.15) is 0 Å². The summed E-state index contributed by atoms with van der Waals surface area (Å²) in [5.74, 6) is 1.69. The molecule has 0 saturated heterocycles. The smallest absolute Gasteiger partial charge is 0.278 e. The number of hydrogen-bond donors (Lipinski definition) is 2. The van der Waals surface area contributed by atoms with E-state index in [1.54, 1.807) is 14.2 Å². The fourth-order valence-corrected chi connectivity index (χ4v) is 2.23. The van der Waals surface area contributed by atoms with Gasteiger partial charge in [-0.05, 0) is 31.9 Å². The molecule has 116 valence electrons. The van der Waals surface area contributed by atoms with Crippen LogP contribution in [0.25, 0.3) is 0 Å². The summed E-state index contributed by atoms with van der Waals surface area (Å²) in [7, 11) is 5.31. The fraction of sp³-hybridized carbons (Fsp3) is 0.562. The second-order valence-electron chi connectivity index (χ2n) is 5.71. The maximum absolute atomic E-state index is 12.1. The van der Waals surface area contributed by atoms with Gasteiger partial charge in [-0.1, -0.05) is 0 Å². The molecule has 0 radical (unpaired) electrons. The van der Waals surface area contributed by atoms with Crippen LogP contribution in [0.3, 0.4) is 0 Å². The van der Waals surface area contributed by atoms with Crippen LogP contribution in [0, 0.1) is 0 Å². The van der Waals surface area contributed by atoms with Crippen LogP contribution in [0.1, 0.15) is 25.3 Å². The molecule has 1 amide bonds. The molecule has 2 N–H and O–H groups in total. The van der Waals surface area contributed by atoms with Crippen LogP contribution in [0.4, 0.5) is 0 Å². The van der Waals surface area contributed by atoms with Crippen molar-refractivity contribution < 1.29 is 19.2 Å². The van der Waals surface area contributed by atoms with Crippen molar-refractivity contribution in [3.8, 4) is 11.5 Å². The Labute approximate surface area is 126 Å². The van der Waals surface area contributed by atoms with Crippen LogP contribution in [-0.4, -0.2) is 39.3 Å². The maximum atomic E-state index is 12.1. The van der Waals surface area contributed by atoms with E-state index >= 15 is 0 Å². The monoisotopic (exact) mass is 293 g/mol. The van der Waals surface area contributed by atoms with Gasteiger partial charge in [0.05, 0.1) is 21.3 Å². The van der Waals surface area contributed by atoms with Gasteiger partial charge in [0.1, 0.15) is 18.0 Å². The molecular weight excluding hydrogens is 268 g/mol. The Morgan fingerprint density at radius 3 is 2.67 bits per heavy atom. The van der Waals surface area contributed by atoms with Crippen molar-refractivity contribution >= 4 is 5.91 Å². The summed E-state index contributed by atoms with van der Waals surface area (Å²) in [6.07, 6.45) is 2.23. The van der Waals surface area contributed by atoms with Crippen molar-refractivity contribution in [2.45, 2.75) is 38.4 Å². The van der Waals surface area contributed by atoms with E-state index in [0.29, 0.717) is 6.04 Å². The molecule has 1 saturated carbocycles. The summed E-state index contributed by atoms with van der Waals surface area (Å²) in [6, 6.07) is 6.10. The molecule has 1 aromatic carbocycles. The summed E-state index contributed by atoms with van der Waals surface area (Å²) < 4.78 is 10.6. The summed E-state index contributed by atoms with van der Waals surface area (Å²) in [5.41, 5.74) is 1.07.